The van der Waals surface area contributed by atoms with Crippen LogP contribution in [0.4, 0.5) is 13.2 Å². The zero-order chi connectivity index (χ0) is 13.1. The van der Waals surface area contributed by atoms with Crippen molar-refractivity contribution >= 4 is 5.91 Å². The van der Waals surface area contributed by atoms with Gasteiger partial charge in [-0.3, -0.25) is 4.79 Å². The number of carbonyl (C=O) groups excluding carboxylic acids is 1. The summed E-state index contributed by atoms with van der Waals surface area (Å²) < 4.78 is 42.5. The highest BCUT2D eigenvalue weighted by molar-refractivity contribution is 5.77. The second-order valence-corrected chi connectivity index (χ2v) is 3.57. The fourth-order valence-corrected chi connectivity index (χ4v) is 1.10. The summed E-state index contributed by atoms with van der Waals surface area (Å²) in [5.74, 6) is -0.739. The van der Waals surface area contributed by atoms with Gasteiger partial charge in [-0.05, 0) is 12.1 Å². The number of likely N-dealkylation sites (N-methyl/N-ethyl adjacent to an activating group) is 1. The van der Waals surface area contributed by atoms with Crippen molar-refractivity contribution in [1.82, 2.24) is 4.90 Å². The van der Waals surface area contributed by atoms with Crippen LogP contribution in [-0.2, 0) is 11.0 Å². The molecule has 6 heteroatoms. The number of amides is 1. The van der Waals surface area contributed by atoms with E-state index in [0.717, 1.165) is 6.07 Å². The molecule has 0 spiro atoms. The van der Waals surface area contributed by atoms with Crippen molar-refractivity contribution < 1.29 is 22.7 Å². The van der Waals surface area contributed by atoms with E-state index in [1.165, 1.54) is 37.2 Å². The highest BCUT2D eigenvalue weighted by Gasteiger charge is 2.34. The standard InChI is InChI=1S/C11H12F3NO2/c1-15(2)10(16)7-17-9-6-4-3-5-8(9)11(12,13)14/h3-6H,7H2,1-2H3. The van der Waals surface area contributed by atoms with Crippen LogP contribution in [0.25, 0.3) is 0 Å². The molecule has 0 N–H and O–H groups in total. The molecule has 1 aromatic rings. The molecule has 0 aliphatic heterocycles. The zero-order valence-electron chi connectivity index (χ0n) is 9.41. The SMILES string of the molecule is CN(C)C(=O)COc1ccccc1C(F)(F)F. The fraction of sp³-hybridized carbons (Fsp3) is 0.364. The number of halogens is 3. The van der Waals surface area contributed by atoms with Gasteiger partial charge in [0.25, 0.3) is 5.91 Å². The Morgan fingerprint density at radius 3 is 2.41 bits per heavy atom. The van der Waals surface area contributed by atoms with Gasteiger partial charge in [-0.25, -0.2) is 0 Å². The van der Waals surface area contributed by atoms with Crippen molar-refractivity contribution in [1.29, 1.82) is 0 Å². The molecule has 1 amide bonds. The number of hydrogen-bond donors (Lipinski definition) is 0. The van der Waals surface area contributed by atoms with Crippen LogP contribution >= 0.6 is 0 Å². The first-order valence-electron chi connectivity index (χ1n) is 4.81. The Balaban J connectivity index is 2.82. The number of rotatable bonds is 3. The van der Waals surface area contributed by atoms with Gasteiger partial charge < -0.3 is 9.64 Å². The minimum Gasteiger partial charge on any atom is -0.483 e. The number of hydrogen-bond acceptors (Lipinski definition) is 2. The molecule has 0 bridgehead atoms. The van der Waals surface area contributed by atoms with Crippen molar-refractivity contribution in [2.24, 2.45) is 0 Å². The van der Waals surface area contributed by atoms with Crippen molar-refractivity contribution in [2.75, 3.05) is 20.7 Å². The maximum absolute atomic E-state index is 12.6. The summed E-state index contributed by atoms with van der Waals surface area (Å²) in [5.41, 5.74) is -0.883. The van der Waals surface area contributed by atoms with Gasteiger partial charge in [-0.1, -0.05) is 12.1 Å². The average molecular weight is 247 g/mol. The van der Waals surface area contributed by atoms with Crippen LogP contribution in [0.1, 0.15) is 5.56 Å². The number of nitrogens with zero attached hydrogens (tertiary/aromatic N) is 1. The normalized spacial score (nSPS) is 11.1. The lowest BCUT2D eigenvalue weighted by atomic mass is 10.2. The summed E-state index contributed by atoms with van der Waals surface area (Å²) in [6.07, 6.45) is -4.49. The Bertz CT molecular complexity index is 402. The van der Waals surface area contributed by atoms with E-state index in [1.807, 2.05) is 0 Å². The van der Waals surface area contributed by atoms with Crippen LogP contribution in [0.15, 0.2) is 24.3 Å². The lowest BCUT2D eigenvalue weighted by molar-refractivity contribution is -0.140. The van der Waals surface area contributed by atoms with Gasteiger partial charge in [-0.2, -0.15) is 13.2 Å². The van der Waals surface area contributed by atoms with Crippen LogP contribution in [0.2, 0.25) is 0 Å². The number of benzene rings is 1. The van der Waals surface area contributed by atoms with Crippen LogP contribution in [0.3, 0.4) is 0 Å². The second kappa shape index (κ2) is 5.07. The minimum absolute atomic E-state index is 0.338. The molecule has 0 unspecified atom stereocenters. The summed E-state index contributed by atoms with van der Waals surface area (Å²) in [4.78, 5) is 12.4. The molecule has 0 aliphatic rings. The van der Waals surface area contributed by atoms with Gasteiger partial charge in [0.15, 0.2) is 6.61 Å². The van der Waals surface area contributed by atoms with E-state index >= 15 is 0 Å². The smallest absolute Gasteiger partial charge is 0.419 e. The fourth-order valence-electron chi connectivity index (χ4n) is 1.10. The Labute approximate surface area is 96.8 Å². The van der Waals surface area contributed by atoms with Gasteiger partial charge in [0.05, 0.1) is 5.56 Å². The Morgan fingerprint density at radius 1 is 1.29 bits per heavy atom. The minimum atomic E-state index is -4.49. The van der Waals surface area contributed by atoms with E-state index in [4.69, 9.17) is 4.74 Å². The van der Waals surface area contributed by atoms with Gasteiger partial charge in [0.1, 0.15) is 5.75 Å². The first-order chi connectivity index (χ1) is 7.82. The Morgan fingerprint density at radius 2 is 1.88 bits per heavy atom. The van der Waals surface area contributed by atoms with E-state index in [9.17, 15) is 18.0 Å². The average Bonchev–Trinajstić information content (AvgIpc) is 2.24. The van der Waals surface area contributed by atoms with Crippen LogP contribution in [-0.4, -0.2) is 31.5 Å². The first kappa shape index (κ1) is 13.3. The van der Waals surface area contributed by atoms with E-state index < -0.39 is 24.3 Å². The molecule has 0 saturated heterocycles. The molecule has 0 saturated carbocycles. The highest BCUT2D eigenvalue weighted by Crippen LogP contribution is 2.35. The molecule has 94 valence electrons. The van der Waals surface area contributed by atoms with E-state index in [0.29, 0.717) is 0 Å². The molecule has 0 heterocycles. The molecule has 0 aliphatic carbocycles. The Kier molecular flexibility index (Phi) is 3.98. The molecular weight excluding hydrogens is 235 g/mol. The summed E-state index contributed by atoms with van der Waals surface area (Å²) in [5, 5.41) is 0. The van der Waals surface area contributed by atoms with Gasteiger partial charge in [-0.15, -0.1) is 0 Å². The maximum atomic E-state index is 12.6. The molecule has 0 fully saturated rings. The largest absolute Gasteiger partial charge is 0.483 e. The summed E-state index contributed by atoms with van der Waals surface area (Å²) in [7, 11) is 3.00. The van der Waals surface area contributed by atoms with Crippen molar-refractivity contribution in [2.45, 2.75) is 6.18 Å². The third-order valence-electron chi connectivity index (χ3n) is 2.04. The lowest BCUT2D eigenvalue weighted by Crippen LogP contribution is -2.28. The van der Waals surface area contributed by atoms with E-state index in [1.54, 1.807) is 0 Å². The van der Waals surface area contributed by atoms with Crippen LogP contribution < -0.4 is 4.74 Å². The summed E-state index contributed by atoms with van der Waals surface area (Å²) in [6.45, 7) is -0.417. The van der Waals surface area contributed by atoms with Crippen molar-refractivity contribution in [3.63, 3.8) is 0 Å². The molecule has 1 rings (SSSR count). The Hall–Kier alpha value is -1.72. The topological polar surface area (TPSA) is 29.5 Å². The maximum Gasteiger partial charge on any atom is 0.419 e. The van der Waals surface area contributed by atoms with E-state index in [-0.39, 0.29) is 5.75 Å². The number of carbonyl (C=O) groups is 1. The van der Waals surface area contributed by atoms with E-state index in [2.05, 4.69) is 0 Å². The molecule has 0 aromatic heterocycles. The number of ether oxygens (including phenoxy) is 1. The van der Waals surface area contributed by atoms with Gasteiger partial charge in [0, 0.05) is 14.1 Å². The summed E-state index contributed by atoms with van der Waals surface area (Å²) >= 11 is 0. The van der Waals surface area contributed by atoms with Crippen molar-refractivity contribution in [3.05, 3.63) is 29.8 Å². The quantitative estimate of drug-likeness (QED) is 0.819. The molecule has 0 radical (unpaired) electrons. The van der Waals surface area contributed by atoms with Gasteiger partial charge in [0.2, 0.25) is 0 Å². The number of alkyl halides is 3. The predicted octanol–water partition coefficient (Wildman–Crippen LogP) is 2.17. The molecular formula is C11H12F3NO2. The monoisotopic (exact) mass is 247 g/mol. The molecule has 1 aromatic carbocycles. The predicted molar refractivity (Wildman–Crippen MR) is 55.6 cm³/mol. The highest BCUT2D eigenvalue weighted by atomic mass is 19.4. The zero-order valence-corrected chi connectivity index (χ0v) is 9.41. The second-order valence-electron chi connectivity index (χ2n) is 3.57. The van der Waals surface area contributed by atoms with Crippen molar-refractivity contribution in [3.8, 4) is 5.75 Å². The first-order valence-corrected chi connectivity index (χ1v) is 4.81. The molecule has 17 heavy (non-hydrogen) atoms. The molecule has 0 atom stereocenters. The lowest BCUT2D eigenvalue weighted by Gasteiger charge is -2.15. The third kappa shape index (κ3) is 3.65. The number of para-hydroxylation sites is 1. The van der Waals surface area contributed by atoms with Gasteiger partial charge >= 0.3 is 6.18 Å². The van der Waals surface area contributed by atoms with Crippen LogP contribution in [0.5, 0.6) is 5.75 Å². The van der Waals surface area contributed by atoms with Crippen LogP contribution in [0, 0.1) is 0 Å². The summed E-state index contributed by atoms with van der Waals surface area (Å²) in [6, 6.07) is 4.79. The molecule has 3 nitrogen and oxygen atoms in total. The third-order valence-corrected chi connectivity index (χ3v) is 2.04.